The average Bonchev–Trinajstić information content (AvgIpc) is 3.13. The highest BCUT2D eigenvalue weighted by molar-refractivity contribution is 7.18. The van der Waals surface area contributed by atoms with Gasteiger partial charge in [-0.1, -0.05) is 35.9 Å². The Morgan fingerprint density at radius 1 is 1.21 bits per heavy atom. The molecule has 1 saturated heterocycles. The molecule has 0 saturated carbocycles. The molecule has 1 amide bonds. The van der Waals surface area contributed by atoms with E-state index in [0.717, 1.165) is 37.0 Å². The number of nitrogens with zero attached hydrogens (tertiary/aromatic N) is 2. The van der Waals surface area contributed by atoms with Crippen molar-refractivity contribution < 1.29 is 4.79 Å². The molecule has 1 atom stereocenters. The van der Waals surface area contributed by atoms with E-state index in [4.69, 9.17) is 16.6 Å². The first-order valence-electron chi connectivity index (χ1n) is 9.71. The molecule has 146 valence electrons. The van der Waals surface area contributed by atoms with Crippen LogP contribution in [0.5, 0.6) is 0 Å². The summed E-state index contributed by atoms with van der Waals surface area (Å²) in [6.45, 7) is 4.32. The number of hydrogen-bond donors (Lipinski definition) is 1. The molecule has 1 aromatic heterocycles. The molecule has 0 bridgehead atoms. The molecule has 0 aliphatic carbocycles. The van der Waals surface area contributed by atoms with Gasteiger partial charge in [-0.2, -0.15) is 0 Å². The Bertz CT molecular complexity index is 915. The van der Waals surface area contributed by atoms with Gasteiger partial charge >= 0.3 is 0 Å². The summed E-state index contributed by atoms with van der Waals surface area (Å²) < 4.78 is 1.26. The number of fused-ring (bicyclic) bond motifs is 1. The SMILES string of the molecule is CC(NC(=O)CN1CCC(c2nc3ccccc3s2)CC1)c1ccc(Cl)cc1. The van der Waals surface area contributed by atoms with Crippen molar-refractivity contribution in [3.63, 3.8) is 0 Å². The van der Waals surface area contributed by atoms with Crippen molar-refractivity contribution in [2.24, 2.45) is 0 Å². The molecule has 1 fully saturated rings. The second-order valence-corrected chi connectivity index (χ2v) is 8.91. The number of benzene rings is 2. The minimum atomic E-state index is -0.0231. The van der Waals surface area contributed by atoms with E-state index in [2.05, 4.69) is 28.4 Å². The molecule has 2 heterocycles. The minimum absolute atomic E-state index is 0.0231. The third kappa shape index (κ3) is 4.54. The summed E-state index contributed by atoms with van der Waals surface area (Å²) in [7, 11) is 0. The third-order valence-corrected chi connectivity index (χ3v) is 6.81. The van der Waals surface area contributed by atoms with Crippen molar-refractivity contribution >= 4 is 39.1 Å². The van der Waals surface area contributed by atoms with Gasteiger partial charge in [-0.15, -0.1) is 11.3 Å². The molecule has 4 rings (SSSR count). The van der Waals surface area contributed by atoms with Crippen LogP contribution in [0, 0.1) is 0 Å². The number of aromatic nitrogens is 1. The van der Waals surface area contributed by atoms with E-state index in [1.807, 2.05) is 48.6 Å². The Morgan fingerprint density at radius 3 is 2.64 bits per heavy atom. The van der Waals surface area contributed by atoms with Crippen LogP contribution in [-0.2, 0) is 4.79 Å². The zero-order valence-electron chi connectivity index (χ0n) is 15.9. The number of para-hydroxylation sites is 1. The van der Waals surface area contributed by atoms with E-state index >= 15 is 0 Å². The third-order valence-electron chi connectivity index (χ3n) is 5.36. The number of likely N-dealkylation sites (tertiary alicyclic amines) is 1. The quantitative estimate of drug-likeness (QED) is 0.639. The van der Waals surface area contributed by atoms with Gasteiger partial charge in [0, 0.05) is 10.9 Å². The Balaban J connectivity index is 1.27. The number of halogens is 1. The van der Waals surface area contributed by atoms with Gasteiger partial charge < -0.3 is 5.32 Å². The van der Waals surface area contributed by atoms with Crippen molar-refractivity contribution in [1.29, 1.82) is 0 Å². The minimum Gasteiger partial charge on any atom is -0.348 e. The summed E-state index contributed by atoms with van der Waals surface area (Å²) in [4.78, 5) is 19.5. The van der Waals surface area contributed by atoms with E-state index in [1.54, 1.807) is 0 Å². The first-order chi connectivity index (χ1) is 13.6. The van der Waals surface area contributed by atoms with Crippen LogP contribution in [0.2, 0.25) is 5.02 Å². The number of nitrogens with one attached hydrogen (secondary N) is 1. The summed E-state index contributed by atoms with van der Waals surface area (Å²) in [5.41, 5.74) is 2.16. The summed E-state index contributed by atoms with van der Waals surface area (Å²) >= 11 is 7.74. The zero-order valence-corrected chi connectivity index (χ0v) is 17.5. The van der Waals surface area contributed by atoms with Crippen molar-refractivity contribution in [3.05, 3.63) is 64.1 Å². The van der Waals surface area contributed by atoms with E-state index in [1.165, 1.54) is 9.71 Å². The van der Waals surface area contributed by atoms with Crippen molar-refractivity contribution in [2.45, 2.75) is 31.7 Å². The fraction of sp³-hybridized carbons (Fsp3) is 0.364. The number of rotatable bonds is 5. The standard InChI is InChI=1S/C22H24ClN3OS/c1-15(16-6-8-18(23)9-7-16)24-21(27)14-26-12-10-17(11-13-26)22-25-19-4-2-3-5-20(19)28-22/h2-9,15,17H,10-14H2,1H3,(H,24,27). The fourth-order valence-electron chi connectivity index (χ4n) is 3.73. The average molecular weight is 414 g/mol. The Kier molecular flexibility index (Phi) is 5.95. The van der Waals surface area contributed by atoms with E-state index in [-0.39, 0.29) is 11.9 Å². The van der Waals surface area contributed by atoms with Gasteiger partial charge in [-0.3, -0.25) is 9.69 Å². The summed E-state index contributed by atoms with van der Waals surface area (Å²) in [6, 6.07) is 15.9. The maximum absolute atomic E-state index is 12.4. The van der Waals surface area contributed by atoms with Crippen LogP contribution in [-0.4, -0.2) is 35.4 Å². The Morgan fingerprint density at radius 2 is 1.93 bits per heavy atom. The number of amides is 1. The highest BCUT2D eigenvalue weighted by Gasteiger charge is 2.24. The number of carbonyl (C=O) groups is 1. The molecular formula is C22H24ClN3OS. The zero-order chi connectivity index (χ0) is 19.5. The lowest BCUT2D eigenvalue weighted by Gasteiger charge is -2.30. The predicted octanol–water partition coefficient (Wildman–Crippen LogP) is 5.01. The molecule has 2 aromatic carbocycles. The molecule has 6 heteroatoms. The van der Waals surface area contributed by atoms with Crippen LogP contribution in [0.4, 0.5) is 0 Å². The van der Waals surface area contributed by atoms with Crippen LogP contribution in [0.3, 0.4) is 0 Å². The predicted molar refractivity (Wildman–Crippen MR) is 116 cm³/mol. The molecule has 3 aromatic rings. The summed E-state index contributed by atoms with van der Waals surface area (Å²) in [6.07, 6.45) is 2.11. The fourth-order valence-corrected chi connectivity index (χ4v) is 4.99. The molecule has 1 aliphatic rings. The lowest BCUT2D eigenvalue weighted by atomic mass is 9.97. The molecule has 1 aliphatic heterocycles. The monoisotopic (exact) mass is 413 g/mol. The van der Waals surface area contributed by atoms with Crippen LogP contribution < -0.4 is 5.32 Å². The van der Waals surface area contributed by atoms with Crippen LogP contribution >= 0.6 is 22.9 Å². The van der Waals surface area contributed by atoms with Crippen LogP contribution in [0.1, 0.15) is 42.3 Å². The van der Waals surface area contributed by atoms with Crippen molar-refractivity contribution in [2.75, 3.05) is 19.6 Å². The second kappa shape index (κ2) is 8.60. The highest BCUT2D eigenvalue weighted by Crippen LogP contribution is 2.33. The first kappa shape index (κ1) is 19.4. The lowest BCUT2D eigenvalue weighted by Crippen LogP contribution is -2.41. The van der Waals surface area contributed by atoms with Gasteiger partial charge in [0.15, 0.2) is 0 Å². The van der Waals surface area contributed by atoms with Gasteiger partial charge in [-0.25, -0.2) is 4.98 Å². The maximum atomic E-state index is 12.4. The van der Waals surface area contributed by atoms with Gasteiger partial charge in [0.25, 0.3) is 0 Å². The van der Waals surface area contributed by atoms with Gasteiger partial charge in [0.05, 0.1) is 27.8 Å². The highest BCUT2D eigenvalue weighted by atomic mass is 35.5. The van der Waals surface area contributed by atoms with Gasteiger partial charge in [-0.05, 0) is 62.7 Å². The molecule has 0 spiro atoms. The summed E-state index contributed by atoms with van der Waals surface area (Å²) in [5.74, 6) is 0.575. The first-order valence-corrected chi connectivity index (χ1v) is 10.9. The summed E-state index contributed by atoms with van der Waals surface area (Å²) in [5, 5.41) is 5.03. The lowest BCUT2D eigenvalue weighted by molar-refractivity contribution is -0.123. The second-order valence-electron chi connectivity index (χ2n) is 7.41. The van der Waals surface area contributed by atoms with Gasteiger partial charge in [0.1, 0.15) is 0 Å². The Hall–Kier alpha value is -1.95. The molecular weight excluding hydrogens is 390 g/mol. The maximum Gasteiger partial charge on any atom is 0.234 e. The number of piperidine rings is 1. The van der Waals surface area contributed by atoms with E-state index in [9.17, 15) is 4.79 Å². The van der Waals surface area contributed by atoms with Crippen molar-refractivity contribution in [1.82, 2.24) is 15.2 Å². The normalized spacial score (nSPS) is 16.9. The van der Waals surface area contributed by atoms with E-state index < -0.39 is 0 Å². The molecule has 4 nitrogen and oxygen atoms in total. The van der Waals surface area contributed by atoms with E-state index in [0.29, 0.717) is 17.5 Å². The smallest absolute Gasteiger partial charge is 0.234 e. The molecule has 1 unspecified atom stereocenters. The molecule has 28 heavy (non-hydrogen) atoms. The number of thiazole rings is 1. The molecule has 0 radical (unpaired) electrons. The van der Waals surface area contributed by atoms with Crippen molar-refractivity contribution in [3.8, 4) is 0 Å². The Labute approximate surface area is 174 Å². The molecule has 1 N–H and O–H groups in total. The number of carbonyl (C=O) groups excluding carboxylic acids is 1. The van der Waals surface area contributed by atoms with Crippen LogP contribution in [0.15, 0.2) is 48.5 Å². The van der Waals surface area contributed by atoms with Crippen LogP contribution in [0.25, 0.3) is 10.2 Å². The number of hydrogen-bond acceptors (Lipinski definition) is 4. The van der Waals surface area contributed by atoms with Gasteiger partial charge in [0.2, 0.25) is 5.91 Å². The topological polar surface area (TPSA) is 45.2 Å². The largest absolute Gasteiger partial charge is 0.348 e.